The Bertz CT molecular complexity index is 588. The lowest BCUT2D eigenvalue weighted by Gasteiger charge is -2.21. The summed E-state index contributed by atoms with van der Waals surface area (Å²) in [6.07, 6.45) is 8.48. The van der Waals surface area contributed by atoms with Crippen LogP contribution in [0.2, 0.25) is 0 Å². The number of rotatable bonds is 0. The summed E-state index contributed by atoms with van der Waals surface area (Å²) in [7, 11) is -2.85. The quantitative estimate of drug-likeness (QED) is 0.792. The molecule has 0 fully saturated rings. The van der Waals surface area contributed by atoms with E-state index in [-0.39, 0.29) is 5.75 Å². The Balaban J connectivity index is 0.000000148. The molecule has 1 heterocycles. The van der Waals surface area contributed by atoms with Crippen molar-refractivity contribution in [1.29, 1.82) is 0 Å². The van der Waals surface area contributed by atoms with Crippen molar-refractivity contribution in [2.75, 3.05) is 5.75 Å². The SMILES string of the molecule is NC1CCCc2ccccc21.O=S1(=O)C=CC=CC1. The monoisotopic (exact) mass is 277 g/mol. The van der Waals surface area contributed by atoms with Gasteiger partial charge in [0.05, 0.1) is 5.75 Å². The molecule has 0 saturated carbocycles. The van der Waals surface area contributed by atoms with Crippen molar-refractivity contribution in [2.45, 2.75) is 25.3 Å². The fourth-order valence-corrected chi connectivity index (χ4v) is 3.10. The molecule has 102 valence electrons. The molecule has 2 N–H and O–H groups in total. The van der Waals surface area contributed by atoms with Crippen LogP contribution in [0.4, 0.5) is 0 Å². The average Bonchev–Trinajstić information content (AvgIpc) is 2.40. The van der Waals surface area contributed by atoms with Crippen molar-refractivity contribution >= 4 is 9.84 Å². The highest BCUT2D eigenvalue weighted by Gasteiger charge is 2.14. The highest BCUT2D eigenvalue weighted by molar-refractivity contribution is 7.94. The minimum Gasteiger partial charge on any atom is -0.324 e. The molecule has 1 aromatic rings. The van der Waals surface area contributed by atoms with Gasteiger partial charge in [0.2, 0.25) is 0 Å². The predicted molar refractivity (Wildman–Crippen MR) is 78.4 cm³/mol. The lowest BCUT2D eigenvalue weighted by molar-refractivity contribution is 0.570. The van der Waals surface area contributed by atoms with Gasteiger partial charge in [-0.2, -0.15) is 0 Å². The number of hydrogen-bond acceptors (Lipinski definition) is 3. The van der Waals surface area contributed by atoms with E-state index in [1.807, 2.05) is 0 Å². The lowest BCUT2D eigenvalue weighted by Crippen LogP contribution is -2.16. The molecule has 1 aromatic carbocycles. The summed E-state index contributed by atoms with van der Waals surface area (Å²) in [4.78, 5) is 0. The molecular formula is C15H19NO2S. The van der Waals surface area contributed by atoms with Gasteiger partial charge in [-0.1, -0.05) is 42.5 Å². The zero-order valence-electron chi connectivity index (χ0n) is 10.8. The topological polar surface area (TPSA) is 60.2 Å². The second-order valence-electron chi connectivity index (χ2n) is 4.78. The Labute approximate surface area is 114 Å². The first-order chi connectivity index (χ1) is 9.08. The van der Waals surface area contributed by atoms with Crippen LogP contribution in [0.5, 0.6) is 0 Å². The second kappa shape index (κ2) is 6.17. The van der Waals surface area contributed by atoms with Crippen molar-refractivity contribution in [3.63, 3.8) is 0 Å². The van der Waals surface area contributed by atoms with Crippen LogP contribution in [0, 0.1) is 0 Å². The van der Waals surface area contributed by atoms with Gasteiger partial charge in [-0.05, 0) is 30.4 Å². The van der Waals surface area contributed by atoms with Crippen molar-refractivity contribution < 1.29 is 8.42 Å². The summed E-state index contributed by atoms with van der Waals surface area (Å²) in [6.45, 7) is 0. The lowest BCUT2D eigenvalue weighted by atomic mass is 9.88. The smallest absolute Gasteiger partial charge is 0.175 e. The Morgan fingerprint density at radius 1 is 1.16 bits per heavy atom. The molecule has 0 bridgehead atoms. The third-order valence-electron chi connectivity index (χ3n) is 3.28. The van der Waals surface area contributed by atoms with E-state index in [1.54, 1.807) is 12.2 Å². The predicted octanol–water partition coefficient (Wildman–Crippen LogP) is 2.51. The number of benzene rings is 1. The maximum atomic E-state index is 10.5. The highest BCUT2D eigenvalue weighted by Crippen LogP contribution is 2.26. The van der Waals surface area contributed by atoms with Gasteiger partial charge >= 0.3 is 0 Å². The molecule has 19 heavy (non-hydrogen) atoms. The molecule has 2 aliphatic rings. The van der Waals surface area contributed by atoms with E-state index in [0.29, 0.717) is 6.04 Å². The largest absolute Gasteiger partial charge is 0.324 e. The number of fused-ring (bicyclic) bond motifs is 1. The maximum Gasteiger partial charge on any atom is 0.175 e. The van der Waals surface area contributed by atoms with Crippen LogP contribution in [0.15, 0.2) is 47.9 Å². The van der Waals surface area contributed by atoms with Crippen molar-refractivity contribution in [1.82, 2.24) is 0 Å². The van der Waals surface area contributed by atoms with Crippen LogP contribution < -0.4 is 5.73 Å². The van der Waals surface area contributed by atoms with E-state index in [1.165, 1.54) is 35.5 Å². The third kappa shape index (κ3) is 4.04. The number of aryl methyl sites for hydroxylation is 1. The molecule has 0 aromatic heterocycles. The molecule has 0 radical (unpaired) electrons. The molecule has 1 unspecified atom stereocenters. The highest BCUT2D eigenvalue weighted by atomic mass is 32.2. The summed E-state index contributed by atoms with van der Waals surface area (Å²) in [5.41, 5.74) is 8.76. The molecule has 3 nitrogen and oxygen atoms in total. The first-order valence-electron chi connectivity index (χ1n) is 6.48. The Morgan fingerprint density at radius 3 is 2.53 bits per heavy atom. The summed E-state index contributed by atoms with van der Waals surface area (Å²) < 4.78 is 21.0. The molecule has 0 spiro atoms. The molecule has 1 atom stereocenters. The molecule has 1 aliphatic heterocycles. The van der Waals surface area contributed by atoms with Gasteiger partial charge in [-0.3, -0.25) is 0 Å². The van der Waals surface area contributed by atoms with Crippen molar-refractivity contribution in [2.24, 2.45) is 5.73 Å². The van der Waals surface area contributed by atoms with Gasteiger partial charge < -0.3 is 5.73 Å². The van der Waals surface area contributed by atoms with Gasteiger partial charge in [-0.15, -0.1) is 0 Å². The molecule has 1 aliphatic carbocycles. The minimum absolute atomic E-state index is 0.156. The Kier molecular flexibility index (Phi) is 4.56. The van der Waals surface area contributed by atoms with Crippen LogP contribution in [-0.2, 0) is 16.3 Å². The zero-order valence-corrected chi connectivity index (χ0v) is 11.6. The second-order valence-corrected chi connectivity index (χ2v) is 6.71. The van der Waals surface area contributed by atoms with Gasteiger partial charge in [0.15, 0.2) is 9.84 Å². The number of hydrogen-bond donors (Lipinski definition) is 1. The van der Waals surface area contributed by atoms with Gasteiger partial charge in [0.25, 0.3) is 0 Å². The zero-order chi connectivity index (χ0) is 13.7. The van der Waals surface area contributed by atoms with E-state index in [0.717, 1.165) is 6.42 Å². The third-order valence-corrected chi connectivity index (χ3v) is 4.51. The summed E-state index contributed by atoms with van der Waals surface area (Å²) in [6, 6.07) is 8.80. The van der Waals surface area contributed by atoms with Crippen molar-refractivity contribution in [3.8, 4) is 0 Å². The van der Waals surface area contributed by atoms with E-state index in [9.17, 15) is 8.42 Å². The van der Waals surface area contributed by atoms with Gasteiger partial charge in [0.1, 0.15) is 0 Å². The summed E-state index contributed by atoms with van der Waals surface area (Å²) >= 11 is 0. The normalized spacial score (nSPS) is 23.1. The molecule has 3 rings (SSSR count). The van der Waals surface area contributed by atoms with E-state index < -0.39 is 9.84 Å². The molecular weight excluding hydrogens is 258 g/mol. The van der Waals surface area contributed by atoms with E-state index in [2.05, 4.69) is 24.3 Å². The van der Waals surface area contributed by atoms with Crippen LogP contribution in [0.1, 0.15) is 30.0 Å². The van der Waals surface area contributed by atoms with Gasteiger partial charge in [0, 0.05) is 11.4 Å². The maximum absolute atomic E-state index is 10.5. The summed E-state index contributed by atoms with van der Waals surface area (Å²) in [5, 5.41) is 1.22. The molecule has 0 saturated heterocycles. The van der Waals surface area contributed by atoms with E-state index in [4.69, 9.17) is 5.73 Å². The summed E-state index contributed by atoms with van der Waals surface area (Å²) in [5.74, 6) is 0.156. The van der Waals surface area contributed by atoms with Gasteiger partial charge in [-0.25, -0.2) is 8.42 Å². The number of sulfone groups is 1. The minimum atomic E-state index is -2.85. The fourth-order valence-electron chi connectivity index (χ4n) is 2.28. The van der Waals surface area contributed by atoms with Crippen LogP contribution in [0.3, 0.4) is 0 Å². The molecule has 4 heteroatoms. The Morgan fingerprint density at radius 2 is 1.95 bits per heavy atom. The number of nitrogens with two attached hydrogens (primary N) is 1. The standard InChI is InChI=1S/C10H13N.C5H6O2S/c11-10-7-3-5-8-4-1-2-6-9(8)10;6-8(7)4-2-1-3-5-8/h1-2,4,6,10H,3,5,7,11H2;1-4H,5H2. The molecule has 0 amide bonds. The van der Waals surface area contributed by atoms with Crippen LogP contribution in [0.25, 0.3) is 0 Å². The average molecular weight is 277 g/mol. The van der Waals surface area contributed by atoms with Crippen LogP contribution >= 0.6 is 0 Å². The van der Waals surface area contributed by atoms with Crippen molar-refractivity contribution in [3.05, 3.63) is 59.0 Å². The first kappa shape index (κ1) is 14.0. The number of allylic oxidation sites excluding steroid dienone is 2. The van der Waals surface area contributed by atoms with E-state index >= 15 is 0 Å². The van der Waals surface area contributed by atoms with Crippen LogP contribution in [-0.4, -0.2) is 14.2 Å². The first-order valence-corrected chi connectivity index (χ1v) is 8.19. The Hall–Kier alpha value is -1.39. The fraction of sp³-hybridized carbons (Fsp3) is 0.333.